The molecule has 0 radical (unpaired) electrons. The normalized spacial score (nSPS) is 18.9. The SMILES string of the molecule is O=C(O)/C=C/c1cccnc1N1CCCS(=O)(=O)CC1. The summed E-state index contributed by atoms with van der Waals surface area (Å²) in [6, 6.07) is 3.49. The van der Waals surface area contributed by atoms with Gasteiger partial charge in [0.2, 0.25) is 0 Å². The number of carbonyl (C=O) groups is 1. The van der Waals surface area contributed by atoms with E-state index in [-0.39, 0.29) is 11.5 Å². The summed E-state index contributed by atoms with van der Waals surface area (Å²) in [5.41, 5.74) is 0.675. The van der Waals surface area contributed by atoms with Gasteiger partial charge in [-0.1, -0.05) is 0 Å². The largest absolute Gasteiger partial charge is 0.478 e. The number of anilines is 1. The maximum Gasteiger partial charge on any atom is 0.328 e. The lowest BCUT2D eigenvalue weighted by Gasteiger charge is -2.22. The van der Waals surface area contributed by atoms with Gasteiger partial charge in [-0.05, 0) is 24.6 Å². The van der Waals surface area contributed by atoms with Gasteiger partial charge in [0.05, 0.1) is 11.5 Å². The number of nitrogens with zero attached hydrogens (tertiary/aromatic N) is 2. The predicted molar refractivity (Wildman–Crippen MR) is 76.4 cm³/mol. The van der Waals surface area contributed by atoms with E-state index in [4.69, 9.17) is 5.11 Å². The van der Waals surface area contributed by atoms with Gasteiger partial charge in [-0.3, -0.25) is 0 Å². The molecule has 0 unspecified atom stereocenters. The molecule has 6 nitrogen and oxygen atoms in total. The Balaban J connectivity index is 2.26. The molecule has 1 aromatic heterocycles. The molecule has 1 saturated heterocycles. The van der Waals surface area contributed by atoms with Gasteiger partial charge in [0.15, 0.2) is 9.84 Å². The molecule has 0 spiro atoms. The maximum atomic E-state index is 11.6. The second-order valence-corrected chi connectivity index (χ2v) is 6.88. The van der Waals surface area contributed by atoms with Crippen molar-refractivity contribution in [2.45, 2.75) is 6.42 Å². The summed E-state index contributed by atoms with van der Waals surface area (Å²) in [5.74, 6) is -0.109. The Labute approximate surface area is 117 Å². The molecule has 0 amide bonds. The Morgan fingerprint density at radius 1 is 1.35 bits per heavy atom. The molecule has 2 heterocycles. The third-order valence-electron chi connectivity index (χ3n) is 3.08. The van der Waals surface area contributed by atoms with Crippen molar-refractivity contribution < 1.29 is 18.3 Å². The summed E-state index contributed by atoms with van der Waals surface area (Å²) < 4.78 is 23.2. The van der Waals surface area contributed by atoms with Crippen molar-refractivity contribution in [1.82, 2.24) is 4.98 Å². The first-order chi connectivity index (χ1) is 9.48. The van der Waals surface area contributed by atoms with Gasteiger partial charge in [-0.15, -0.1) is 0 Å². The molecule has 1 N–H and O–H groups in total. The van der Waals surface area contributed by atoms with E-state index in [1.165, 1.54) is 6.08 Å². The third kappa shape index (κ3) is 3.80. The van der Waals surface area contributed by atoms with E-state index in [0.717, 1.165) is 6.08 Å². The van der Waals surface area contributed by atoms with E-state index in [2.05, 4.69) is 4.98 Å². The van der Waals surface area contributed by atoms with E-state index < -0.39 is 15.8 Å². The van der Waals surface area contributed by atoms with Gasteiger partial charge in [0.1, 0.15) is 5.82 Å². The standard InChI is InChI=1S/C13H16N2O4S/c16-12(17)5-4-11-3-1-6-14-13(11)15-7-2-9-20(18,19)10-8-15/h1,3-6H,2,7-10H2,(H,16,17)/b5-4+. The Hall–Kier alpha value is -1.89. The summed E-state index contributed by atoms with van der Waals surface area (Å²) >= 11 is 0. The molecule has 1 aromatic rings. The predicted octanol–water partition coefficient (Wildman–Crippen LogP) is 0.804. The molecule has 20 heavy (non-hydrogen) atoms. The molecule has 1 aliphatic heterocycles. The van der Waals surface area contributed by atoms with Crippen LogP contribution in [-0.2, 0) is 14.6 Å². The number of carboxylic acids is 1. The van der Waals surface area contributed by atoms with Gasteiger partial charge in [-0.25, -0.2) is 18.2 Å². The molecule has 0 bridgehead atoms. The van der Waals surface area contributed by atoms with Gasteiger partial charge in [0, 0.05) is 30.9 Å². The lowest BCUT2D eigenvalue weighted by molar-refractivity contribution is -0.131. The van der Waals surface area contributed by atoms with Crippen LogP contribution in [0.5, 0.6) is 0 Å². The molecule has 0 aliphatic carbocycles. The minimum atomic E-state index is -2.98. The quantitative estimate of drug-likeness (QED) is 0.830. The summed E-state index contributed by atoms with van der Waals surface area (Å²) in [7, 11) is -2.98. The van der Waals surface area contributed by atoms with Crippen molar-refractivity contribution in [1.29, 1.82) is 0 Å². The molecule has 7 heteroatoms. The van der Waals surface area contributed by atoms with E-state index >= 15 is 0 Å². The Morgan fingerprint density at radius 2 is 2.15 bits per heavy atom. The highest BCUT2D eigenvalue weighted by Gasteiger charge is 2.21. The summed E-state index contributed by atoms with van der Waals surface area (Å²) in [5, 5.41) is 8.69. The molecule has 108 valence electrons. The van der Waals surface area contributed by atoms with Crippen LogP contribution in [0.25, 0.3) is 6.08 Å². The number of aromatic nitrogens is 1. The van der Waals surface area contributed by atoms with Crippen LogP contribution >= 0.6 is 0 Å². The van der Waals surface area contributed by atoms with Crippen LogP contribution in [0.15, 0.2) is 24.4 Å². The highest BCUT2D eigenvalue weighted by molar-refractivity contribution is 7.91. The van der Waals surface area contributed by atoms with Gasteiger partial charge in [0.25, 0.3) is 0 Å². The summed E-state index contributed by atoms with van der Waals surface area (Å²) in [6.07, 6.45) is 4.70. The van der Waals surface area contributed by atoms with E-state index in [1.54, 1.807) is 18.3 Å². The fourth-order valence-electron chi connectivity index (χ4n) is 2.12. The average Bonchev–Trinajstić information content (AvgIpc) is 2.58. The number of aliphatic carboxylic acids is 1. The van der Waals surface area contributed by atoms with Crippen molar-refractivity contribution in [2.75, 3.05) is 29.5 Å². The van der Waals surface area contributed by atoms with Crippen LogP contribution in [0, 0.1) is 0 Å². The van der Waals surface area contributed by atoms with Crippen LogP contribution in [0.3, 0.4) is 0 Å². The van der Waals surface area contributed by atoms with Crippen molar-refractivity contribution in [2.24, 2.45) is 0 Å². The average molecular weight is 296 g/mol. The number of carboxylic acid groups (broad SMARTS) is 1. The molecule has 0 saturated carbocycles. The van der Waals surface area contributed by atoms with Crippen molar-refractivity contribution in [3.63, 3.8) is 0 Å². The number of pyridine rings is 1. The number of rotatable bonds is 3. The third-order valence-corrected chi connectivity index (χ3v) is 4.79. The van der Waals surface area contributed by atoms with E-state index in [1.807, 2.05) is 4.90 Å². The first kappa shape index (κ1) is 14.5. The molecule has 0 aromatic carbocycles. The zero-order chi connectivity index (χ0) is 14.6. The number of hydrogen-bond acceptors (Lipinski definition) is 5. The first-order valence-corrected chi connectivity index (χ1v) is 8.11. The minimum absolute atomic E-state index is 0.103. The molecule has 2 rings (SSSR count). The molecule has 0 atom stereocenters. The van der Waals surface area contributed by atoms with Crippen LogP contribution in [0.1, 0.15) is 12.0 Å². The zero-order valence-electron chi connectivity index (χ0n) is 10.9. The van der Waals surface area contributed by atoms with Gasteiger partial charge >= 0.3 is 5.97 Å². The van der Waals surface area contributed by atoms with Crippen LogP contribution in [0.4, 0.5) is 5.82 Å². The Morgan fingerprint density at radius 3 is 2.90 bits per heavy atom. The smallest absolute Gasteiger partial charge is 0.328 e. The molecule has 1 aliphatic rings. The Kier molecular flexibility index (Phi) is 4.39. The second kappa shape index (κ2) is 6.04. The minimum Gasteiger partial charge on any atom is -0.478 e. The van der Waals surface area contributed by atoms with Crippen LogP contribution in [0.2, 0.25) is 0 Å². The van der Waals surface area contributed by atoms with Crippen molar-refractivity contribution in [3.8, 4) is 0 Å². The van der Waals surface area contributed by atoms with Gasteiger partial charge < -0.3 is 10.0 Å². The topological polar surface area (TPSA) is 87.6 Å². The fraction of sp³-hybridized carbons (Fsp3) is 0.385. The lowest BCUT2D eigenvalue weighted by Crippen LogP contribution is -2.28. The number of hydrogen-bond donors (Lipinski definition) is 1. The molecule has 1 fully saturated rings. The van der Waals surface area contributed by atoms with Crippen molar-refractivity contribution >= 4 is 27.7 Å². The highest BCUT2D eigenvalue weighted by Crippen LogP contribution is 2.20. The van der Waals surface area contributed by atoms with Gasteiger partial charge in [-0.2, -0.15) is 0 Å². The van der Waals surface area contributed by atoms with Crippen molar-refractivity contribution in [3.05, 3.63) is 30.0 Å². The monoisotopic (exact) mass is 296 g/mol. The summed E-state index contributed by atoms with van der Waals surface area (Å²) in [6.45, 7) is 0.984. The molecular weight excluding hydrogens is 280 g/mol. The Bertz CT molecular complexity index is 625. The lowest BCUT2D eigenvalue weighted by atomic mass is 10.2. The maximum absolute atomic E-state index is 11.6. The van der Waals surface area contributed by atoms with E-state index in [0.29, 0.717) is 30.9 Å². The zero-order valence-corrected chi connectivity index (χ0v) is 11.7. The second-order valence-electron chi connectivity index (χ2n) is 4.58. The summed E-state index contributed by atoms with van der Waals surface area (Å²) in [4.78, 5) is 16.8. The number of sulfone groups is 1. The van der Waals surface area contributed by atoms with Crippen LogP contribution in [-0.4, -0.2) is 49.1 Å². The fourth-order valence-corrected chi connectivity index (χ4v) is 3.39. The van der Waals surface area contributed by atoms with E-state index in [9.17, 15) is 13.2 Å². The van der Waals surface area contributed by atoms with Crippen LogP contribution < -0.4 is 4.90 Å². The first-order valence-electron chi connectivity index (χ1n) is 6.29. The molecular formula is C13H16N2O4S. The highest BCUT2D eigenvalue weighted by atomic mass is 32.2.